The van der Waals surface area contributed by atoms with Gasteiger partial charge in [0, 0.05) is 38.1 Å². The Morgan fingerprint density at radius 3 is 2.17 bits per heavy atom. The number of alkyl halides is 6. The number of aromatic nitrogens is 3. The highest BCUT2D eigenvalue weighted by Crippen LogP contribution is 2.30. The number of nitrogens with one attached hydrogen (secondary N) is 1. The van der Waals surface area contributed by atoms with Crippen molar-refractivity contribution in [2.24, 2.45) is 0 Å². The first-order valence-corrected chi connectivity index (χ1v) is 10.5. The second-order valence-electron chi connectivity index (χ2n) is 7.79. The fourth-order valence-corrected chi connectivity index (χ4v) is 3.72. The molecule has 0 bridgehead atoms. The molecule has 3 heterocycles. The summed E-state index contributed by atoms with van der Waals surface area (Å²) in [7, 11) is 0. The minimum Gasteiger partial charge on any atom is -0.367 e. The van der Waals surface area contributed by atoms with Gasteiger partial charge in [-0.2, -0.15) is 31.3 Å². The van der Waals surface area contributed by atoms with Crippen molar-refractivity contribution in [3.63, 3.8) is 0 Å². The summed E-state index contributed by atoms with van der Waals surface area (Å²) in [6.45, 7) is 2.13. The zero-order chi connectivity index (χ0) is 25.2. The molecule has 0 unspecified atom stereocenters. The first-order chi connectivity index (χ1) is 16.5. The van der Waals surface area contributed by atoms with Crippen LogP contribution in [0.3, 0.4) is 0 Å². The van der Waals surface area contributed by atoms with Gasteiger partial charge in [0.15, 0.2) is 0 Å². The lowest BCUT2D eigenvalue weighted by molar-refractivity contribution is -0.141. The Morgan fingerprint density at radius 1 is 0.857 bits per heavy atom. The SMILES string of the molecule is O=c1nc(/C=C/c2ccccc2N2CCN(c3ccc(C(F)(F)F)cn3)CC2)cc(C(F)(F)F)[nH]1. The molecule has 4 rings (SSSR count). The third-order valence-electron chi connectivity index (χ3n) is 5.46. The van der Waals surface area contributed by atoms with E-state index in [1.54, 1.807) is 23.2 Å². The zero-order valence-corrected chi connectivity index (χ0v) is 18.1. The van der Waals surface area contributed by atoms with Crippen molar-refractivity contribution in [2.75, 3.05) is 36.0 Å². The van der Waals surface area contributed by atoms with Crippen LogP contribution in [0.1, 0.15) is 22.5 Å². The standard InChI is InChI=1S/C23H19F6N5O/c24-22(25,26)16-6-8-20(30-14-16)34-11-9-33(10-12-34)18-4-2-1-3-15(18)5-7-17-13-19(23(27,28)29)32-21(35)31-17/h1-8,13-14H,9-12H2,(H,31,32,35)/b7-5+. The van der Waals surface area contributed by atoms with Crippen LogP contribution in [0, 0.1) is 0 Å². The van der Waals surface area contributed by atoms with Gasteiger partial charge in [-0.05, 0) is 35.9 Å². The lowest BCUT2D eigenvalue weighted by Crippen LogP contribution is -2.47. The molecule has 0 spiro atoms. The predicted octanol–water partition coefficient (Wildman–Crippen LogP) is 4.70. The summed E-state index contributed by atoms with van der Waals surface area (Å²) in [5.74, 6) is 0.451. The Labute approximate surface area is 195 Å². The van der Waals surface area contributed by atoms with E-state index in [1.165, 1.54) is 12.1 Å². The van der Waals surface area contributed by atoms with E-state index in [1.807, 2.05) is 17.0 Å². The van der Waals surface area contributed by atoms with Crippen LogP contribution in [-0.4, -0.2) is 41.1 Å². The Morgan fingerprint density at radius 2 is 1.54 bits per heavy atom. The molecule has 0 amide bonds. The van der Waals surface area contributed by atoms with Gasteiger partial charge in [-0.1, -0.05) is 24.3 Å². The van der Waals surface area contributed by atoms with Crippen molar-refractivity contribution >= 4 is 23.7 Å². The maximum Gasteiger partial charge on any atom is 0.431 e. The molecular weight excluding hydrogens is 476 g/mol. The van der Waals surface area contributed by atoms with Crippen LogP contribution in [0.15, 0.2) is 53.5 Å². The van der Waals surface area contributed by atoms with E-state index in [4.69, 9.17) is 0 Å². The van der Waals surface area contributed by atoms with Crippen LogP contribution < -0.4 is 15.5 Å². The number of pyridine rings is 1. The molecule has 0 atom stereocenters. The smallest absolute Gasteiger partial charge is 0.367 e. The highest BCUT2D eigenvalue weighted by molar-refractivity contribution is 5.76. The highest BCUT2D eigenvalue weighted by Gasteiger charge is 2.32. The molecule has 184 valence electrons. The van der Waals surface area contributed by atoms with Crippen molar-refractivity contribution in [2.45, 2.75) is 12.4 Å². The predicted molar refractivity (Wildman–Crippen MR) is 119 cm³/mol. The molecule has 6 nitrogen and oxygen atoms in total. The maximum absolute atomic E-state index is 13.0. The van der Waals surface area contributed by atoms with Gasteiger partial charge in [0.25, 0.3) is 0 Å². The van der Waals surface area contributed by atoms with Crippen LogP contribution in [0.25, 0.3) is 12.2 Å². The summed E-state index contributed by atoms with van der Waals surface area (Å²) in [6.07, 6.45) is -5.41. The average molecular weight is 495 g/mol. The summed E-state index contributed by atoms with van der Waals surface area (Å²) in [5, 5.41) is 0. The second kappa shape index (κ2) is 9.43. The highest BCUT2D eigenvalue weighted by atomic mass is 19.4. The van der Waals surface area contributed by atoms with Crippen molar-refractivity contribution in [3.05, 3.63) is 81.7 Å². The molecule has 12 heteroatoms. The quantitative estimate of drug-likeness (QED) is 0.532. The number of piperazine rings is 1. The molecule has 1 aliphatic rings. The second-order valence-corrected chi connectivity index (χ2v) is 7.79. The van der Waals surface area contributed by atoms with E-state index in [-0.39, 0.29) is 5.69 Å². The van der Waals surface area contributed by atoms with Crippen LogP contribution in [0.2, 0.25) is 0 Å². The third-order valence-corrected chi connectivity index (χ3v) is 5.46. The Hall–Kier alpha value is -3.83. The number of benzene rings is 1. The van der Waals surface area contributed by atoms with Gasteiger partial charge in [0.05, 0.1) is 11.3 Å². The molecule has 35 heavy (non-hydrogen) atoms. The van der Waals surface area contributed by atoms with Crippen LogP contribution in [-0.2, 0) is 12.4 Å². The number of hydrogen-bond acceptors (Lipinski definition) is 5. The molecule has 0 radical (unpaired) electrons. The lowest BCUT2D eigenvalue weighted by Gasteiger charge is -2.37. The van der Waals surface area contributed by atoms with Crippen molar-refractivity contribution in [1.29, 1.82) is 0 Å². The summed E-state index contributed by atoms with van der Waals surface area (Å²) in [4.78, 5) is 24.7. The van der Waals surface area contributed by atoms with Crippen molar-refractivity contribution in [1.82, 2.24) is 15.0 Å². The fourth-order valence-electron chi connectivity index (χ4n) is 3.72. The van der Waals surface area contributed by atoms with Gasteiger partial charge in [-0.15, -0.1) is 0 Å². The maximum atomic E-state index is 13.0. The minimum absolute atomic E-state index is 0.130. The number of anilines is 2. The van der Waals surface area contributed by atoms with Crippen molar-refractivity contribution < 1.29 is 26.3 Å². The van der Waals surface area contributed by atoms with E-state index in [0.29, 0.717) is 37.6 Å². The number of H-pyrrole nitrogens is 1. The number of hydrogen-bond donors (Lipinski definition) is 1. The van der Waals surface area contributed by atoms with Crippen LogP contribution in [0.5, 0.6) is 0 Å². The number of halogens is 6. The Balaban J connectivity index is 1.48. The van der Waals surface area contributed by atoms with Gasteiger partial charge >= 0.3 is 18.0 Å². The molecule has 2 aromatic heterocycles. The van der Waals surface area contributed by atoms with Crippen LogP contribution >= 0.6 is 0 Å². The van der Waals surface area contributed by atoms with Gasteiger partial charge in [0.1, 0.15) is 11.5 Å². The summed E-state index contributed by atoms with van der Waals surface area (Å²) < 4.78 is 77.2. The molecule has 0 saturated carbocycles. The van der Waals surface area contributed by atoms with E-state index < -0.39 is 29.3 Å². The Kier molecular flexibility index (Phi) is 6.55. The van der Waals surface area contributed by atoms with E-state index in [9.17, 15) is 31.1 Å². The number of para-hydroxylation sites is 1. The molecule has 1 saturated heterocycles. The summed E-state index contributed by atoms with van der Waals surface area (Å²) in [5.41, 5.74) is -1.68. The molecular formula is C23H19F6N5O. The van der Waals surface area contributed by atoms with E-state index >= 15 is 0 Å². The first kappa shape index (κ1) is 24.3. The van der Waals surface area contributed by atoms with Gasteiger partial charge < -0.3 is 14.8 Å². The molecule has 3 aromatic rings. The van der Waals surface area contributed by atoms with Gasteiger partial charge in [-0.25, -0.2) is 9.78 Å². The summed E-state index contributed by atoms with van der Waals surface area (Å²) in [6, 6.07) is 10.4. The topological polar surface area (TPSA) is 65.1 Å². The Bertz CT molecular complexity index is 1260. The number of nitrogens with zero attached hydrogens (tertiary/aromatic N) is 4. The monoisotopic (exact) mass is 495 g/mol. The minimum atomic E-state index is -4.70. The lowest BCUT2D eigenvalue weighted by atomic mass is 10.1. The van der Waals surface area contributed by atoms with Gasteiger partial charge in [-0.3, -0.25) is 0 Å². The van der Waals surface area contributed by atoms with Gasteiger partial charge in [0.2, 0.25) is 0 Å². The summed E-state index contributed by atoms with van der Waals surface area (Å²) >= 11 is 0. The largest absolute Gasteiger partial charge is 0.431 e. The molecule has 1 N–H and O–H groups in total. The molecule has 1 aliphatic heterocycles. The van der Waals surface area contributed by atoms with Crippen molar-refractivity contribution in [3.8, 4) is 0 Å². The fraction of sp³-hybridized carbons (Fsp3) is 0.261. The average Bonchev–Trinajstić information content (AvgIpc) is 2.82. The van der Waals surface area contributed by atoms with Crippen LogP contribution in [0.4, 0.5) is 37.8 Å². The molecule has 1 fully saturated rings. The van der Waals surface area contributed by atoms with E-state index in [2.05, 4.69) is 14.9 Å². The van der Waals surface area contributed by atoms with E-state index in [0.717, 1.165) is 24.0 Å². The normalized spacial score (nSPS) is 15.1. The molecule has 1 aromatic carbocycles. The zero-order valence-electron chi connectivity index (χ0n) is 18.1. The number of rotatable bonds is 4. The number of aromatic amines is 1. The molecule has 0 aliphatic carbocycles. The first-order valence-electron chi connectivity index (χ1n) is 10.5. The third kappa shape index (κ3) is 5.81.